The highest BCUT2D eigenvalue weighted by molar-refractivity contribution is 9.09. The van der Waals surface area contributed by atoms with E-state index in [4.69, 9.17) is 0 Å². The average Bonchev–Trinajstić information content (AvgIpc) is 2.75. The van der Waals surface area contributed by atoms with Gasteiger partial charge in [0.15, 0.2) is 0 Å². The molecule has 0 bridgehead atoms. The van der Waals surface area contributed by atoms with Crippen molar-refractivity contribution in [3.63, 3.8) is 0 Å². The molecule has 6 heteroatoms. The number of amides is 1. The number of rotatable bonds is 5. The summed E-state index contributed by atoms with van der Waals surface area (Å²) in [7, 11) is 0. The molecule has 1 aromatic heterocycles. The molecule has 1 rings (SSSR count). The number of hydrogen-bond acceptors (Lipinski definition) is 4. The van der Waals surface area contributed by atoms with Gasteiger partial charge in [-0.3, -0.25) is 4.79 Å². The second-order valence-corrected chi connectivity index (χ2v) is 6.82. The maximum atomic E-state index is 12.2. The predicted octanol–water partition coefficient (Wildman–Crippen LogP) is 3.03. The Kier molecular flexibility index (Phi) is 5.72. The number of halogens is 1. The second-order valence-electron chi connectivity index (χ2n) is 5.27. The maximum Gasteiger partial charge on any atom is 0.265 e. The van der Waals surface area contributed by atoms with Crippen molar-refractivity contribution in [1.29, 1.82) is 0 Å². The molecule has 0 fully saturated rings. The summed E-state index contributed by atoms with van der Waals surface area (Å²) in [5.41, 5.74) is 0.817. The molecule has 1 unspecified atom stereocenters. The third kappa shape index (κ3) is 4.02. The summed E-state index contributed by atoms with van der Waals surface area (Å²) < 4.78 is 3.85. The highest BCUT2D eigenvalue weighted by atomic mass is 79.9. The SMILES string of the molecule is CCc1nnsc1C(=O)NC(CCBr)C(C)(C)C. The minimum atomic E-state index is -0.0530. The summed E-state index contributed by atoms with van der Waals surface area (Å²) in [4.78, 5) is 12.9. The monoisotopic (exact) mass is 333 g/mol. The summed E-state index contributed by atoms with van der Waals surface area (Å²) in [5.74, 6) is -0.0530. The van der Waals surface area contributed by atoms with Crippen LogP contribution in [0.4, 0.5) is 0 Å². The lowest BCUT2D eigenvalue weighted by Crippen LogP contribution is -2.44. The number of aryl methyl sites for hydroxylation is 1. The molecule has 0 aliphatic carbocycles. The van der Waals surface area contributed by atoms with Crippen LogP contribution in [0.5, 0.6) is 0 Å². The number of aromatic nitrogens is 2. The van der Waals surface area contributed by atoms with Gasteiger partial charge in [-0.25, -0.2) is 0 Å². The first-order valence-electron chi connectivity index (χ1n) is 6.08. The highest BCUT2D eigenvalue weighted by Crippen LogP contribution is 2.23. The fraction of sp³-hybridized carbons (Fsp3) is 0.750. The average molecular weight is 334 g/mol. The van der Waals surface area contributed by atoms with Crippen LogP contribution >= 0.6 is 27.5 Å². The Hall–Kier alpha value is -0.490. The van der Waals surface area contributed by atoms with Crippen LogP contribution in [0.2, 0.25) is 0 Å². The molecule has 0 aliphatic rings. The van der Waals surface area contributed by atoms with Gasteiger partial charge in [0.2, 0.25) is 0 Å². The lowest BCUT2D eigenvalue weighted by atomic mass is 9.85. The number of carbonyl (C=O) groups is 1. The fourth-order valence-electron chi connectivity index (χ4n) is 1.67. The van der Waals surface area contributed by atoms with Crippen molar-refractivity contribution in [2.24, 2.45) is 5.41 Å². The van der Waals surface area contributed by atoms with E-state index in [1.54, 1.807) is 0 Å². The summed E-state index contributed by atoms with van der Waals surface area (Å²) in [6.45, 7) is 8.37. The van der Waals surface area contributed by atoms with E-state index in [0.29, 0.717) is 4.88 Å². The molecular weight excluding hydrogens is 314 g/mol. The van der Waals surface area contributed by atoms with Crippen molar-refractivity contribution >= 4 is 33.4 Å². The quantitative estimate of drug-likeness (QED) is 0.842. The fourth-order valence-corrected chi connectivity index (χ4v) is 2.78. The van der Waals surface area contributed by atoms with Gasteiger partial charge >= 0.3 is 0 Å². The Morgan fingerprint density at radius 3 is 2.67 bits per heavy atom. The van der Waals surface area contributed by atoms with Crippen LogP contribution in [0.3, 0.4) is 0 Å². The first-order valence-corrected chi connectivity index (χ1v) is 7.97. The molecule has 1 amide bonds. The number of nitrogens with zero attached hydrogens (tertiary/aromatic N) is 2. The Bertz CT molecular complexity index is 400. The van der Waals surface area contributed by atoms with Crippen molar-refractivity contribution in [3.8, 4) is 0 Å². The van der Waals surface area contributed by atoms with Crippen LogP contribution in [0.25, 0.3) is 0 Å². The van der Waals surface area contributed by atoms with Crippen LogP contribution < -0.4 is 5.32 Å². The van der Waals surface area contributed by atoms with Gasteiger partial charge in [-0.15, -0.1) is 5.10 Å². The standard InChI is InChI=1S/C12H20BrN3OS/c1-5-8-10(18-16-15-8)11(17)14-9(6-7-13)12(2,3)4/h9H,5-7H2,1-4H3,(H,14,17). The van der Waals surface area contributed by atoms with E-state index in [0.717, 1.165) is 23.9 Å². The van der Waals surface area contributed by atoms with Crippen molar-refractivity contribution in [2.75, 3.05) is 5.33 Å². The lowest BCUT2D eigenvalue weighted by Gasteiger charge is -2.31. The van der Waals surface area contributed by atoms with Gasteiger partial charge in [-0.1, -0.05) is 48.1 Å². The van der Waals surface area contributed by atoms with E-state index in [1.165, 1.54) is 11.5 Å². The van der Waals surface area contributed by atoms with Crippen molar-refractivity contribution < 1.29 is 4.79 Å². The Morgan fingerprint density at radius 1 is 1.50 bits per heavy atom. The lowest BCUT2D eigenvalue weighted by molar-refractivity contribution is 0.0904. The summed E-state index contributed by atoms with van der Waals surface area (Å²) in [5, 5.41) is 7.94. The van der Waals surface area contributed by atoms with E-state index < -0.39 is 0 Å². The molecule has 102 valence electrons. The van der Waals surface area contributed by atoms with Gasteiger partial charge in [-0.05, 0) is 29.8 Å². The normalized spacial score (nSPS) is 13.4. The van der Waals surface area contributed by atoms with Crippen molar-refractivity contribution in [3.05, 3.63) is 10.6 Å². The molecule has 0 aromatic carbocycles. The number of nitrogens with one attached hydrogen (secondary N) is 1. The van der Waals surface area contributed by atoms with Gasteiger partial charge in [-0.2, -0.15) is 0 Å². The zero-order valence-electron chi connectivity index (χ0n) is 11.3. The van der Waals surface area contributed by atoms with Crippen molar-refractivity contribution in [1.82, 2.24) is 14.9 Å². The molecule has 0 radical (unpaired) electrons. The zero-order chi connectivity index (χ0) is 13.8. The van der Waals surface area contributed by atoms with Gasteiger partial charge in [0.05, 0.1) is 5.69 Å². The molecule has 4 nitrogen and oxygen atoms in total. The zero-order valence-corrected chi connectivity index (χ0v) is 13.7. The maximum absolute atomic E-state index is 12.2. The predicted molar refractivity (Wildman–Crippen MR) is 78.4 cm³/mol. The van der Waals surface area contributed by atoms with E-state index >= 15 is 0 Å². The molecule has 0 spiro atoms. The first-order chi connectivity index (χ1) is 8.40. The third-order valence-corrected chi connectivity index (χ3v) is 4.07. The van der Waals surface area contributed by atoms with Crippen molar-refractivity contribution in [2.45, 2.75) is 46.6 Å². The number of alkyl halides is 1. The third-order valence-electron chi connectivity index (χ3n) is 2.85. The number of hydrogen-bond donors (Lipinski definition) is 1. The van der Waals surface area contributed by atoms with E-state index in [1.807, 2.05) is 6.92 Å². The summed E-state index contributed by atoms with van der Waals surface area (Å²) in [6, 6.07) is 0.135. The largest absolute Gasteiger partial charge is 0.348 e. The molecule has 0 saturated carbocycles. The highest BCUT2D eigenvalue weighted by Gasteiger charge is 2.27. The van der Waals surface area contributed by atoms with Crippen LogP contribution in [-0.4, -0.2) is 26.9 Å². The van der Waals surface area contributed by atoms with Gasteiger partial charge in [0, 0.05) is 11.4 Å². The first kappa shape index (κ1) is 15.6. The Balaban J connectivity index is 2.79. The summed E-state index contributed by atoms with van der Waals surface area (Å²) in [6.07, 6.45) is 1.64. The topological polar surface area (TPSA) is 54.9 Å². The van der Waals surface area contributed by atoms with Gasteiger partial charge in [0.1, 0.15) is 4.88 Å². The van der Waals surface area contributed by atoms with Crippen LogP contribution in [-0.2, 0) is 6.42 Å². The molecule has 1 N–H and O–H groups in total. The van der Waals surface area contributed by atoms with Crippen LogP contribution in [0, 0.1) is 5.41 Å². The van der Waals surface area contributed by atoms with E-state index in [-0.39, 0.29) is 17.4 Å². The molecule has 1 heterocycles. The molecule has 0 saturated heterocycles. The van der Waals surface area contributed by atoms with E-state index in [9.17, 15) is 4.79 Å². The number of carbonyl (C=O) groups excluding carboxylic acids is 1. The molecule has 1 aromatic rings. The Labute approximate surface area is 121 Å². The molecule has 0 aliphatic heterocycles. The van der Waals surface area contributed by atoms with E-state index in [2.05, 4.69) is 51.6 Å². The minimum Gasteiger partial charge on any atom is -0.348 e. The molecule has 18 heavy (non-hydrogen) atoms. The van der Waals surface area contributed by atoms with Crippen LogP contribution in [0.1, 0.15) is 49.5 Å². The van der Waals surface area contributed by atoms with Gasteiger partial charge < -0.3 is 5.32 Å². The smallest absolute Gasteiger partial charge is 0.265 e. The molecular formula is C12H20BrN3OS. The molecule has 1 atom stereocenters. The van der Waals surface area contributed by atoms with Crippen LogP contribution in [0.15, 0.2) is 0 Å². The van der Waals surface area contributed by atoms with Gasteiger partial charge in [0.25, 0.3) is 5.91 Å². The Morgan fingerprint density at radius 2 is 2.17 bits per heavy atom. The summed E-state index contributed by atoms with van der Waals surface area (Å²) >= 11 is 4.60. The minimum absolute atomic E-state index is 0.0356. The second kappa shape index (κ2) is 6.61.